The average molecular weight is 389 g/mol. The third-order valence-electron chi connectivity index (χ3n) is 3.16. The predicted molar refractivity (Wildman–Crippen MR) is 96.5 cm³/mol. The fraction of sp³-hybridized carbons (Fsp3) is 0.133. The molecule has 0 unspecified atom stereocenters. The molecule has 0 radical (unpaired) electrons. The summed E-state index contributed by atoms with van der Waals surface area (Å²) >= 11 is 18.0. The molecule has 0 aliphatic heterocycles. The van der Waals surface area contributed by atoms with E-state index in [4.69, 9.17) is 34.8 Å². The van der Waals surface area contributed by atoms with Crippen LogP contribution in [0.15, 0.2) is 36.4 Å². The lowest BCUT2D eigenvalue weighted by molar-refractivity contribution is -0.384. The number of nitro groups is 1. The number of hydrogen-bond donors (Lipinski definition) is 1. The molecule has 9 heteroatoms. The van der Waals surface area contributed by atoms with E-state index in [0.717, 1.165) is 0 Å². The lowest BCUT2D eigenvalue weighted by Gasteiger charge is -2.20. The Bertz CT molecular complexity index is 779. The van der Waals surface area contributed by atoms with Crippen molar-refractivity contribution in [2.24, 2.45) is 0 Å². The zero-order valence-electron chi connectivity index (χ0n) is 12.4. The van der Waals surface area contributed by atoms with Gasteiger partial charge in [-0.05, 0) is 18.2 Å². The van der Waals surface area contributed by atoms with Gasteiger partial charge >= 0.3 is 0 Å². The van der Waals surface area contributed by atoms with Crippen LogP contribution in [0, 0.1) is 10.1 Å². The number of non-ortho nitro benzene ring substituents is 1. The number of amides is 1. The van der Waals surface area contributed by atoms with Crippen LogP contribution in [-0.2, 0) is 4.79 Å². The number of anilines is 2. The SMILES string of the molecule is CN(CC(=O)Nc1c(Cl)cccc1Cl)c1ccc([N+](=O)[O-])cc1Cl. The Morgan fingerprint density at radius 1 is 1.17 bits per heavy atom. The average Bonchev–Trinajstić information content (AvgIpc) is 2.50. The number of carbonyl (C=O) groups is 1. The smallest absolute Gasteiger partial charge is 0.271 e. The zero-order valence-corrected chi connectivity index (χ0v) is 14.7. The summed E-state index contributed by atoms with van der Waals surface area (Å²) < 4.78 is 0. The minimum atomic E-state index is -0.540. The van der Waals surface area contributed by atoms with Gasteiger partial charge in [-0.2, -0.15) is 0 Å². The molecule has 24 heavy (non-hydrogen) atoms. The van der Waals surface area contributed by atoms with Crippen LogP contribution in [0.3, 0.4) is 0 Å². The largest absolute Gasteiger partial charge is 0.364 e. The molecular formula is C15H12Cl3N3O3. The Hall–Kier alpha value is -2.02. The summed E-state index contributed by atoms with van der Waals surface area (Å²) in [6, 6.07) is 8.93. The topological polar surface area (TPSA) is 75.5 Å². The van der Waals surface area contributed by atoms with Crippen molar-refractivity contribution in [3.63, 3.8) is 0 Å². The Morgan fingerprint density at radius 2 is 1.79 bits per heavy atom. The number of nitrogens with zero attached hydrogens (tertiary/aromatic N) is 2. The van der Waals surface area contributed by atoms with Crippen LogP contribution in [0.1, 0.15) is 0 Å². The highest BCUT2D eigenvalue weighted by Crippen LogP contribution is 2.31. The van der Waals surface area contributed by atoms with E-state index in [1.165, 1.54) is 18.2 Å². The predicted octanol–water partition coefficient (Wildman–Crippen LogP) is 4.63. The lowest BCUT2D eigenvalue weighted by Crippen LogP contribution is -2.30. The summed E-state index contributed by atoms with van der Waals surface area (Å²) in [5, 5.41) is 14.2. The maximum atomic E-state index is 12.2. The van der Waals surface area contributed by atoms with Crippen LogP contribution in [0.2, 0.25) is 15.1 Å². The summed E-state index contributed by atoms with van der Waals surface area (Å²) in [6.07, 6.45) is 0. The van der Waals surface area contributed by atoms with E-state index in [9.17, 15) is 14.9 Å². The van der Waals surface area contributed by atoms with E-state index in [-0.39, 0.29) is 23.2 Å². The van der Waals surface area contributed by atoms with Crippen molar-refractivity contribution in [3.8, 4) is 0 Å². The quantitative estimate of drug-likeness (QED) is 0.598. The third-order valence-corrected chi connectivity index (χ3v) is 4.09. The summed E-state index contributed by atoms with van der Waals surface area (Å²) in [7, 11) is 1.64. The first-order chi connectivity index (χ1) is 11.3. The number of nitro benzene ring substituents is 1. The molecule has 0 bridgehead atoms. The van der Waals surface area contributed by atoms with Gasteiger partial charge in [0, 0.05) is 19.2 Å². The van der Waals surface area contributed by atoms with Gasteiger partial charge in [-0.25, -0.2) is 0 Å². The molecule has 0 saturated heterocycles. The van der Waals surface area contributed by atoms with Crippen molar-refractivity contribution in [2.45, 2.75) is 0 Å². The number of rotatable bonds is 5. The van der Waals surface area contributed by atoms with Crippen molar-refractivity contribution in [1.29, 1.82) is 0 Å². The van der Waals surface area contributed by atoms with Crippen LogP contribution >= 0.6 is 34.8 Å². The van der Waals surface area contributed by atoms with Gasteiger partial charge in [0.25, 0.3) is 5.69 Å². The molecular weight excluding hydrogens is 377 g/mol. The number of halogens is 3. The van der Waals surface area contributed by atoms with Crippen LogP contribution in [-0.4, -0.2) is 24.4 Å². The molecule has 2 rings (SSSR count). The van der Waals surface area contributed by atoms with Crippen LogP contribution in [0.25, 0.3) is 0 Å². The van der Waals surface area contributed by atoms with Crippen molar-refractivity contribution >= 4 is 57.8 Å². The summed E-state index contributed by atoms with van der Waals surface area (Å²) in [5.74, 6) is -0.359. The maximum absolute atomic E-state index is 12.2. The van der Waals surface area contributed by atoms with Crippen molar-refractivity contribution < 1.29 is 9.72 Å². The molecule has 0 heterocycles. The molecule has 0 spiro atoms. The molecule has 0 aliphatic rings. The van der Waals surface area contributed by atoms with Gasteiger partial charge in [-0.3, -0.25) is 14.9 Å². The van der Waals surface area contributed by atoms with Crippen molar-refractivity contribution in [3.05, 3.63) is 61.6 Å². The number of carbonyl (C=O) groups excluding carboxylic acids is 1. The van der Waals surface area contributed by atoms with E-state index in [0.29, 0.717) is 21.4 Å². The Balaban J connectivity index is 2.10. The summed E-state index contributed by atoms with van der Waals surface area (Å²) in [4.78, 5) is 23.9. The van der Waals surface area contributed by atoms with Gasteiger partial charge < -0.3 is 10.2 Å². The Kier molecular flexibility index (Phi) is 5.88. The molecule has 0 aromatic heterocycles. The van der Waals surface area contributed by atoms with E-state index in [1.807, 2.05) is 0 Å². The molecule has 0 atom stereocenters. The van der Waals surface area contributed by atoms with Crippen LogP contribution < -0.4 is 10.2 Å². The molecule has 2 aromatic carbocycles. The number of nitrogens with one attached hydrogen (secondary N) is 1. The van der Waals surface area contributed by atoms with Gasteiger partial charge in [0.05, 0.1) is 37.9 Å². The van der Waals surface area contributed by atoms with Gasteiger partial charge in [0.2, 0.25) is 5.91 Å². The highest BCUT2D eigenvalue weighted by atomic mass is 35.5. The number of para-hydroxylation sites is 1. The monoisotopic (exact) mass is 387 g/mol. The van der Waals surface area contributed by atoms with E-state index in [2.05, 4.69) is 5.32 Å². The third kappa shape index (κ3) is 4.29. The first-order valence-corrected chi connectivity index (χ1v) is 7.82. The van der Waals surface area contributed by atoms with E-state index in [1.54, 1.807) is 30.1 Å². The standard InChI is InChI=1S/C15H12Cl3N3O3/c1-20(13-6-5-9(21(23)24)7-12(13)18)8-14(22)19-15-10(16)3-2-4-11(15)17/h2-7H,8H2,1H3,(H,19,22). The number of likely N-dealkylation sites (N-methyl/N-ethyl adjacent to an activating group) is 1. The first-order valence-electron chi connectivity index (χ1n) is 6.68. The number of benzene rings is 2. The second-order valence-corrected chi connectivity index (χ2v) is 6.12. The van der Waals surface area contributed by atoms with Crippen molar-refractivity contribution in [2.75, 3.05) is 23.8 Å². The molecule has 1 N–H and O–H groups in total. The van der Waals surface area contributed by atoms with E-state index < -0.39 is 4.92 Å². The highest BCUT2D eigenvalue weighted by molar-refractivity contribution is 6.39. The molecule has 0 saturated carbocycles. The Labute approximate surface area is 153 Å². The van der Waals surface area contributed by atoms with Gasteiger partial charge in [0.15, 0.2) is 0 Å². The molecule has 126 valence electrons. The molecule has 6 nitrogen and oxygen atoms in total. The molecule has 0 fully saturated rings. The highest BCUT2D eigenvalue weighted by Gasteiger charge is 2.16. The molecule has 0 aliphatic carbocycles. The van der Waals surface area contributed by atoms with Crippen LogP contribution in [0.5, 0.6) is 0 Å². The van der Waals surface area contributed by atoms with Crippen LogP contribution in [0.4, 0.5) is 17.1 Å². The Morgan fingerprint density at radius 3 is 2.33 bits per heavy atom. The second kappa shape index (κ2) is 7.70. The van der Waals surface area contributed by atoms with Gasteiger partial charge in [-0.15, -0.1) is 0 Å². The van der Waals surface area contributed by atoms with Crippen molar-refractivity contribution in [1.82, 2.24) is 0 Å². The maximum Gasteiger partial charge on any atom is 0.271 e. The van der Waals surface area contributed by atoms with E-state index >= 15 is 0 Å². The summed E-state index contributed by atoms with van der Waals surface area (Å²) in [6.45, 7) is -0.0426. The summed E-state index contributed by atoms with van der Waals surface area (Å²) in [5.41, 5.74) is 0.696. The van der Waals surface area contributed by atoms with Gasteiger partial charge in [-0.1, -0.05) is 40.9 Å². The normalized spacial score (nSPS) is 10.3. The molecule has 2 aromatic rings. The first kappa shape index (κ1) is 18.3. The second-order valence-electron chi connectivity index (χ2n) is 4.89. The molecule has 1 amide bonds. The minimum absolute atomic E-state index is 0.0426. The fourth-order valence-corrected chi connectivity index (χ4v) is 2.83. The van der Waals surface area contributed by atoms with Gasteiger partial charge in [0.1, 0.15) is 0 Å². The number of hydrogen-bond acceptors (Lipinski definition) is 4. The fourth-order valence-electron chi connectivity index (χ4n) is 2.02. The zero-order chi connectivity index (χ0) is 17.9. The minimum Gasteiger partial charge on any atom is -0.364 e. The lowest BCUT2D eigenvalue weighted by atomic mass is 10.2.